The Bertz CT molecular complexity index is 160. The van der Waals surface area contributed by atoms with Crippen LogP contribution in [0.1, 0.15) is 66.2 Å². The highest BCUT2D eigenvalue weighted by atomic mass is 16.5. The molecule has 16 heavy (non-hydrogen) atoms. The fourth-order valence-electron chi connectivity index (χ4n) is 2.10. The van der Waals surface area contributed by atoms with Crippen LogP contribution in [-0.2, 0) is 4.74 Å². The molecule has 0 aliphatic carbocycles. The van der Waals surface area contributed by atoms with Crippen LogP contribution in [0.2, 0.25) is 0 Å². The summed E-state index contributed by atoms with van der Waals surface area (Å²) < 4.78 is 5.38. The number of rotatable bonds is 9. The maximum atomic E-state index is 10.2. The predicted molar refractivity (Wildman–Crippen MR) is 69.6 cm³/mol. The van der Waals surface area contributed by atoms with E-state index in [9.17, 15) is 5.11 Å². The summed E-state index contributed by atoms with van der Waals surface area (Å²) >= 11 is 0. The summed E-state index contributed by atoms with van der Waals surface area (Å²) in [4.78, 5) is 0. The summed E-state index contributed by atoms with van der Waals surface area (Å²) in [5.74, 6) is 0.475. The van der Waals surface area contributed by atoms with Gasteiger partial charge in [0, 0.05) is 7.11 Å². The zero-order valence-corrected chi connectivity index (χ0v) is 11.8. The van der Waals surface area contributed by atoms with Gasteiger partial charge in [-0.1, -0.05) is 26.7 Å². The molecular weight excluding hydrogens is 200 g/mol. The lowest BCUT2D eigenvalue weighted by Gasteiger charge is -2.27. The van der Waals surface area contributed by atoms with Gasteiger partial charge in [-0.15, -0.1) is 0 Å². The Hall–Kier alpha value is -0.0800. The number of hydrogen-bond acceptors (Lipinski definition) is 2. The molecule has 0 rings (SSSR count). The van der Waals surface area contributed by atoms with E-state index in [4.69, 9.17) is 4.74 Å². The maximum absolute atomic E-state index is 10.2. The number of ether oxygens (including phenoxy) is 1. The van der Waals surface area contributed by atoms with Gasteiger partial charge in [-0.2, -0.15) is 0 Å². The third-order valence-corrected chi connectivity index (χ3v) is 3.46. The van der Waals surface area contributed by atoms with Gasteiger partial charge < -0.3 is 9.84 Å². The molecule has 1 atom stereocenters. The molecule has 1 N–H and O–H groups in total. The third-order valence-electron chi connectivity index (χ3n) is 3.46. The second kappa shape index (κ2) is 8.08. The van der Waals surface area contributed by atoms with E-state index in [1.807, 2.05) is 0 Å². The van der Waals surface area contributed by atoms with Crippen molar-refractivity contribution in [3.8, 4) is 0 Å². The van der Waals surface area contributed by atoms with Gasteiger partial charge in [0.2, 0.25) is 0 Å². The molecule has 1 unspecified atom stereocenters. The molecule has 2 heteroatoms. The highest BCUT2D eigenvalue weighted by molar-refractivity contribution is 4.74. The van der Waals surface area contributed by atoms with Gasteiger partial charge in [0.1, 0.15) is 0 Å². The minimum absolute atomic E-state index is 0.107. The quantitative estimate of drug-likeness (QED) is 0.653. The zero-order chi connectivity index (χ0) is 12.6. The molecule has 0 saturated heterocycles. The van der Waals surface area contributed by atoms with E-state index in [1.165, 1.54) is 0 Å². The monoisotopic (exact) mass is 230 g/mol. The van der Waals surface area contributed by atoms with Crippen LogP contribution >= 0.6 is 0 Å². The molecule has 0 aromatic heterocycles. The first-order valence-electron chi connectivity index (χ1n) is 6.70. The molecular formula is C14H30O2. The van der Waals surface area contributed by atoms with Crippen molar-refractivity contribution in [1.29, 1.82) is 0 Å². The average molecular weight is 230 g/mol. The van der Waals surface area contributed by atoms with Crippen molar-refractivity contribution >= 4 is 0 Å². The Morgan fingerprint density at radius 3 is 1.94 bits per heavy atom. The standard InChI is InChI=1S/C14H30O2/c1-6-8-12(9-7-2)13(15)10-11-14(3,4)16-5/h12-13,15H,6-11H2,1-5H3. The van der Waals surface area contributed by atoms with Crippen molar-refractivity contribution in [2.24, 2.45) is 5.92 Å². The van der Waals surface area contributed by atoms with Crippen LogP contribution in [0.15, 0.2) is 0 Å². The van der Waals surface area contributed by atoms with Gasteiger partial charge in [0.15, 0.2) is 0 Å². The fraction of sp³-hybridized carbons (Fsp3) is 1.00. The van der Waals surface area contributed by atoms with Crippen molar-refractivity contribution in [3.05, 3.63) is 0 Å². The SMILES string of the molecule is CCCC(CCC)C(O)CCC(C)(C)OC. The molecule has 0 aliphatic rings. The Balaban J connectivity index is 4.04. The summed E-state index contributed by atoms with van der Waals surface area (Å²) in [6.45, 7) is 8.53. The topological polar surface area (TPSA) is 29.5 Å². The second-order valence-electron chi connectivity index (χ2n) is 5.41. The van der Waals surface area contributed by atoms with E-state index >= 15 is 0 Å². The minimum atomic E-state index is -0.158. The molecule has 0 heterocycles. The van der Waals surface area contributed by atoms with E-state index in [0.29, 0.717) is 5.92 Å². The van der Waals surface area contributed by atoms with Gasteiger partial charge in [0.05, 0.1) is 11.7 Å². The van der Waals surface area contributed by atoms with E-state index in [2.05, 4.69) is 27.7 Å². The average Bonchev–Trinajstić information content (AvgIpc) is 2.26. The van der Waals surface area contributed by atoms with Crippen LogP contribution in [0.4, 0.5) is 0 Å². The molecule has 0 aromatic rings. The number of methoxy groups -OCH3 is 1. The van der Waals surface area contributed by atoms with Gasteiger partial charge in [-0.25, -0.2) is 0 Å². The van der Waals surface area contributed by atoms with Crippen LogP contribution in [-0.4, -0.2) is 23.9 Å². The van der Waals surface area contributed by atoms with Crippen LogP contribution in [0.25, 0.3) is 0 Å². The van der Waals surface area contributed by atoms with Crippen molar-refractivity contribution in [3.63, 3.8) is 0 Å². The zero-order valence-electron chi connectivity index (χ0n) is 11.8. The summed E-state index contributed by atoms with van der Waals surface area (Å²) in [5.41, 5.74) is -0.107. The second-order valence-corrected chi connectivity index (χ2v) is 5.41. The van der Waals surface area contributed by atoms with Gasteiger partial charge in [0.25, 0.3) is 0 Å². The van der Waals surface area contributed by atoms with Crippen molar-refractivity contribution < 1.29 is 9.84 Å². The summed E-state index contributed by atoms with van der Waals surface area (Å²) in [6, 6.07) is 0. The molecule has 0 radical (unpaired) electrons. The van der Waals surface area contributed by atoms with Gasteiger partial charge >= 0.3 is 0 Å². The normalized spacial score (nSPS) is 14.4. The Morgan fingerprint density at radius 2 is 1.56 bits per heavy atom. The Labute approximate surface area is 101 Å². The van der Waals surface area contributed by atoms with E-state index in [-0.39, 0.29) is 11.7 Å². The van der Waals surface area contributed by atoms with Crippen molar-refractivity contribution in [2.75, 3.05) is 7.11 Å². The molecule has 0 fully saturated rings. The predicted octanol–water partition coefficient (Wildman–Crippen LogP) is 3.77. The van der Waals surface area contributed by atoms with Crippen molar-refractivity contribution in [2.45, 2.75) is 77.9 Å². The van der Waals surface area contributed by atoms with E-state index < -0.39 is 0 Å². The third kappa shape index (κ3) is 6.49. The maximum Gasteiger partial charge on any atom is 0.0623 e. The van der Waals surface area contributed by atoms with Crippen LogP contribution in [0.3, 0.4) is 0 Å². The number of hydrogen-bond donors (Lipinski definition) is 1. The first-order valence-corrected chi connectivity index (χ1v) is 6.70. The first-order chi connectivity index (χ1) is 7.46. The van der Waals surface area contributed by atoms with Crippen LogP contribution in [0.5, 0.6) is 0 Å². The highest BCUT2D eigenvalue weighted by Gasteiger charge is 2.22. The van der Waals surface area contributed by atoms with Gasteiger partial charge in [-0.3, -0.25) is 0 Å². The van der Waals surface area contributed by atoms with Crippen LogP contribution in [0, 0.1) is 5.92 Å². The largest absolute Gasteiger partial charge is 0.393 e. The van der Waals surface area contributed by atoms with Crippen molar-refractivity contribution in [1.82, 2.24) is 0 Å². The van der Waals surface area contributed by atoms with E-state index in [1.54, 1.807) is 7.11 Å². The summed E-state index contributed by atoms with van der Waals surface area (Å²) in [5, 5.41) is 10.2. The Kier molecular flexibility index (Phi) is 8.04. The molecule has 0 aliphatic heterocycles. The van der Waals surface area contributed by atoms with Crippen LogP contribution < -0.4 is 0 Å². The lowest BCUT2D eigenvalue weighted by molar-refractivity contribution is -0.00558. The minimum Gasteiger partial charge on any atom is -0.393 e. The number of aliphatic hydroxyl groups excluding tert-OH is 1. The molecule has 98 valence electrons. The van der Waals surface area contributed by atoms with Gasteiger partial charge in [-0.05, 0) is 45.4 Å². The molecule has 0 amide bonds. The fourth-order valence-corrected chi connectivity index (χ4v) is 2.10. The first kappa shape index (κ1) is 15.9. The lowest BCUT2D eigenvalue weighted by Crippen LogP contribution is -2.27. The summed E-state index contributed by atoms with van der Waals surface area (Å²) in [6.07, 6.45) is 6.23. The molecule has 0 spiro atoms. The molecule has 0 bridgehead atoms. The highest BCUT2D eigenvalue weighted by Crippen LogP contribution is 2.24. The lowest BCUT2D eigenvalue weighted by atomic mass is 9.87. The summed E-state index contributed by atoms with van der Waals surface area (Å²) in [7, 11) is 1.74. The molecule has 2 nitrogen and oxygen atoms in total. The van der Waals surface area contributed by atoms with E-state index in [0.717, 1.165) is 38.5 Å². The smallest absolute Gasteiger partial charge is 0.0623 e. The molecule has 0 saturated carbocycles. The Morgan fingerprint density at radius 1 is 1.06 bits per heavy atom. The molecule has 0 aromatic carbocycles. The number of aliphatic hydroxyl groups is 1.